The molecule has 1 aliphatic rings. The third kappa shape index (κ3) is 5.89. The third-order valence-electron chi connectivity index (χ3n) is 5.74. The van der Waals surface area contributed by atoms with Gasteiger partial charge in [0, 0.05) is 13.1 Å². The van der Waals surface area contributed by atoms with E-state index in [1.165, 1.54) is 0 Å². The van der Waals surface area contributed by atoms with Crippen molar-refractivity contribution in [1.82, 2.24) is 10.2 Å². The van der Waals surface area contributed by atoms with Gasteiger partial charge in [-0.25, -0.2) is 0 Å². The summed E-state index contributed by atoms with van der Waals surface area (Å²) in [6.45, 7) is 2.51. The van der Waals surface area contributed by atoms with Crippen molar-refractivity contribution >= 4 is 23.9 Å². The number of hydrogen-bond acceptors (Lipinski definition) is 5. The van der Waals surface area contributed by atoms with Gasteiger partial charge < -0.3 is 26.5 Å². The van der Waals surface area contributed by atoms with Crippen LogP contribution in [0.2, 0.25) is 0 Å². The van der Waals surface area contributed by atoms with Gasteiger partial charge in [0.2, 0.25) is 5.91 Å². The summed E-state index contributed by atoms with van der Waals surface area (Å²) in [7, 11) is 1.75. The largest absolute Gasteiger partial charge is 0.370 e. The molecule has 30 heavy (non-hydrogen) atoms. The molecular weight excluding hydrogens is 382 g/mol. The highest BCUT2D eigenvalue weighted by Gasteiger charge is 2.44. The number of carbonyl (C=O) groups excluding carboxylic acids is 3. The molecule has 0 aromatic heterocycles. The molecule has 1 fully saturated rings. The average Bonchev–Trinajstić information content (AvgIpc) is 3.24. The number of Topliss-reactive ketones (excluding diaryl/α,β-unsaturated/α-hetero) is 1. The van der Waals surface area contributed by atoms with Crippen molar-refractivity contribution in [3.05, 3.63) is 35.9 Å². The van der Waals surface area contributed by atoms with Crippen LogP contribution in [0, 0.1) is 5.41 Å². The molecule has 0 saturated carbocycles. The Morgan fingerprint density at radius 3 is 2.63 bits per heavy atom. The van der Waals surface area contributed by atoms with E-state index in [4.69, 9.17) is 11.5 Å². The summed E-state index contributed by atoms with van der Waals surface area (Å²) in [5, 5.41) is 3.08. The molecule has 3 atom stereocenters. The van der Waals surface area contributed by atoms with E-state index >= 15 is 0 Å². The molecule has 2 rings (SSSR count). The standard InChI is InChI=1S/C22H33N5O3/c1-22(15-28,11-7-12-26-21(23)24)19(29)18-10-6-13-27(18)20(30)17(25-2)14-16-8-4-3-5-9-16/h3-5,8-9,15,17-18,25H,6-7,10-14H2,1-2H3,(H4,23,24,26)/t17-,18+,22+/m1/s1. The molecule has 164 valence electrons. The number of nitrogens with zero attached hydrogens (tertiary/aromatic N) is 2. The summed E-state index contributed by atoms with van der Waals surface area (Å²) in [6.07, 6.45) is 3.40. The molecule has 1 aromatic carbocycles. The second-order valence-electron chi connectivity index (χ2n) is 8.03. The van der Waals surface area contributed by atoms with Crippen LogP contribution in [0.25, 0.3) is 0 Å². The molecule has 0 bridgehead atoms. The Morgan fingerprint density at radius 1 is 1.33 bits per heavy atom. The molecule has 0 aliphatic carbocycles. The number of likely N-dealkylation sites (N-methyl/N-ethyl adjacent to an activating group) is 1. The van der Waals surface area contributed by atoms with E-state index in [2.05, 4.69) is 10.3 Å². The van der Waals surface area contributed by atoms with E-state index in [0.717, 1.165) is 12.0 Å². The lowest BCUT2D eigenvalue weighted by atomic mass is 9.79. The van der Waals surface area contributed by atoms with Gasteiger partial charge >= 0.3 is 0 Å². The molecule has 0 spiro atoms. The number of likely N-dealkylation sites (tertiary alicyclic amines) is 1. The van der Waals surface area contributed by atoms with Crippen LogP contribution in [-0.4, -0.2) is 61.1 Å². The maximum absolute atomic E-state index is 13.3. The Balaban J connectivity index is 2.09. The van der Waals surface area contributed by atoms with Gasteiger partial charge in [-0.3, -0.25) is 14.6 Å². The van der Waals surface area contributed by atoms with Crippen molar-refractivity contribution in [3.8, 4) is 0 Å². The molecule has 1 saturated heterocycles. The van der Waals surface area contributed by atoms with Crippen LogP contribution in [0.15, 0.2) is 35.3 Å². The first kappa shape index (κ1) is 23.5. The lowest BCUT2D eigenvalue weighted by Crippen LogP contribution is -2.53. The molecule has 1 amide bonds. The molecule has 8 heteroatoms. The van der Waals surface area contributed by atoms with E-state index in [1.807, 2.05) is 30.3 Å². The lowest BCUT2D eigenvalue weighted by Gasteiger charge is -2.32. The average molecular weight is 416 g/mol. The summed E-state index contributed by atoms with van der Waals surface area (Å²) in [4.78, 5) is 43.9. The number of ketones is 1. The molecule has 1 heterocycles. The van der Waals surface area contributed by atoms with Crippen molar-refractivity contribution in [2.75, 3.05) is 20.1 Å². The topological polar surface area (TPSA) is 131 Å². The number of carbonyl (C=O) groups is 3. The first-order valence-corrected chi connectivity index (χ1v) is 10.4. The number of rotatable bonds is 11. The predicted molar refractivity (Wildman–Crippen MR) is 117 cm³/mol. The lowest BCUT2D eigenvalue weighted by molar-refractivity contribution is -0.145. The number of hydrogen-bond donors (Lipinski definition) is 3. The van der Waals surface area contributed by atoms with Gasteiger partial charge in [0.15, 0.2) is 11.7 Å². The zero-order valence-corrected chi connectivity index (χ0v) is 17.8. The highest BCUT2D eigenvalue weighted by molar-refractivity contribution is 6.03. The van der Waals surface area contributed by atoms with Gasteiger partial charge in [0.1, 0.15) is 6.29 Å². The van der Waals surface area contributed by atoms with Crippen molar-refractivity contribution in [2.24, 2.45) is 21.9 Å². The number of benzene rings is 1. The van der Waals surface area contributed by atoms with Gasteiger partial charge in [0.25, 0.3) is 0 Å². The first-order valence-electron chi connectivity index (χ1n) is 10.4. The molecule has 0 radical (unpaired) electrons. The molecule has 0 unspecified atom stereocenters. The SMILES string of the molecule is CN[C@H](Cc1ccccc1)C(=O)N1CCC[C@H]1C(=O)[C@](C)(C=O)CCCN=C(N)N. The second-order valence-corrected chi connectivity index (χ2v) is 8.03. The normalized spacial score (nSPS) is 19.0. The Hall–Kier alpha value is -2.74. The molecule has 1 aliphatic heterocycles. The van der Waals surface area contributed by atoms with Gasteiger partial charge in [-0.1, -0.05) is 30.3 Å². The number of aldehydes is 1. The Morgan fingerprint density at radius 2 is 2.03 bits per heavy atom. The van der Waals surface area contributed by atoms with Crippen molar-refractivity contribution in [3.63, 3.8) is 0 Å². The fraction of sp³-hybridized carbons (Fsp3) is 0.545. The quantitative estimate of drug-likeness (QED) is 0.160. The van der Waals surface area contributed by atoms with Crippen LogP contribution in [0.5, 0.6) is 0 Å². The zero-order valence-electron chi connectivity index (χ0n) is 17.8. The Kier molecular flexibility index (Phi) is 8.53. The summed E-state index contributed by atoms with van der Waals surface area (Å²) in [5.41, 5.74) is 10.5. The van der Waals surface area contributed by atoms with Gasteiger partial charge in [0.05, 0.1) is 17.5 Å². The number of aliphatic imine (C=N–C) groups is 1. The van der Waals surface area contributed by atoms with Crippen LogP contribution in [0.4, 0.5) is 0 Å². The maximum Gasteiger partial charge on any atom is 0.240 e. The van der Waals surface area contributed by atoms with Gasteiger partial charge in [-0.2, -0.15) is 0 Å². The van der Waals surface area contributed by atoms with Crippen LogP contribution in [0.3, 0.4) is 0 Å². The fourth-order valence-corrected chi connectivity index (χ4v) is 3.94. The monoisotopic (exact) mass is 415 g/mol. The fourth-order valence-electron chi connectivity index (χ4n) is 3.94. The van der Waals surface area contributed by atoms with E-state index in [1.54, 1.807) is 18.9 Å². The maximum atomic E-state index is 13.3. The summed E-state index contributed by atoms with van der Waals surface area (Å²) in [6, 6.07) is 8.75. The minimum absolute atomic E-state index is 0.0155. The predicted octanol–water partition coefficient (Wildman–Crippen LogP) is 0.636. The molecular formula is C22H33N5O3. The minimum atomic E-state index is -1.17. The van der Waals surface area contributed by atoms with Crippen molar-refractivity contribution < 1.29 is 14.4 Å². The first-order chi connectivity index (χ1) is 14.3. The van der Waals surface area contributed by atoms with Crippen LogP contribution < -0.4 is 16.8 Å². The highest BCUT2D eigenvalue weighted by atomic mass is 16.2. The number of amides is 1. The summed E-state index contributed by atoms with van der Waals surface area (Å²) >= 11 is 0. The van der Waals surface area contributed by atoms with Crippen molar-refractivity contribution in [1.29, 1.82) is 0 Å². The van der Waals surface area contributed by atoms with E-state index in [9.17, 15) is 14.4 Å². The summed E-state index contributed by atoms with van der Waals surface area (Å²) in [5.74, 6) is -0.327. The number of guanidine groups is 1. The summed E-state index contributed by atoms with van der Waals surface area (Å²) < 4.78 is 0. The van der Waals surface area contributed by atoms with Crippen molar-refractivity contribution in [2.45, 2.75) is 51.1 Å². The van der Waals surface area contributed by atoms with E-state index in [-0.39, 0.29) is 17.6 Å². The molecule has 5 N–H and O–H groups in total. The van der Waals surface area contributed by atoms with Crippen LogP contribution in [0.1, 0.15) is 38.2 Å². The number of nitrogens with two attached hydrogens (primary N) is 2. The second kappa shape index (κ2) is 10.9. The molecule has 1 aromatic rings. The van der Waals surface area contributed by atoms with Crippen LogP contribution in [-0.2, 0) is 20.8 Å². The smallest absolute Gasteiger partial charge is 0.240 e. The number of nitrogens with one attached hydrogen (secondary N) is 1. The van der Waals surface area contributed by atoms with Gasteiger partial charge in [-0.15, -0.1) is 0 Å². The minimum Gasteiger partial charge on any atom is -0.370 e. The highest BCUT2D eigenvalue weighted by Crippen LogP contribution is 2.30. The van der Waals surface area contributed by atoms with Gasteiger partial charge in [-0.05, 0) is 51.6 Å². The van der Waals surface area contributed by atoms with Crippen LogP contribution >= 0.6 is 0 Å². The Labute approximate surface area is 178 Å². The zero-order chi connectivity index (χ0) is 22.1. The van der Waals surface area contributed by atoms with E-state index < -0.39 is 17.5 Å². The molecule has 8 nitrogen and oxygen atoms in total. The van der Waals surface area contributed by atoms with E-state index in [0.29, 0.717) is 45.1 Å². The third-order valence-corrected chi connectivity index (χ3v) is 5.74. The Bertz CT molecular complexity index is 763.